The van der Waals surface area contributed by atoms with Crippen molar-refractivity contribution in [2.24, 2.45) is 0 Å². The molecule has 36 heavy (non-hydrogen) atoms. The summed E-state index contributed by atoms with van der Waals surface area (Å²) < 4.78 is 47.3. The third-order valence-corrected chi connectivity index (χ3v) is 8.62. The highest BCUT2D eigenvalue weighted by Gasteiger charge is 2.30. The van der Waals surface area contributed by atoms with Gasteiger partial charge in [-0.1, -0.05) is 6.07 Å². The predicted molar refractivity (Wildman–Crippen MR) is 141 cm³/mol. The fraction of sp³-hybridized carbons (Fsp3) is 0.269. The Kier molecular flexibility index (Phi) is 8.05. The van der Waals surface area contributed by atoms with E-state index in [0.29, 0.717) is 26.2 Å². The van der Waals surface area contributed by atoms with Crippen LogP contribution in [0.2, 0.25) is 0 Å². The van der Waals surface area contributed by atoms with E-state index in [1.54, 1.807) is 24.1 Å². The van der Waals surface area contributed by atoms with Crippen molar-refractivity contribution >= 4 is 39.1 Å². The molecule has 1 aliphatic rings. The maximum absolute atomic E-state index is 14.0. The molecule has 1 fully saturated rings. The Morgan fingerprint density at radius 3 is 2.25 bits per heavy atom. The van der Waals surface area contributed by atoms with Gasteiger partial charge in [0.1, 0.15) is 18.1 Å². The van der Waals surface area contributed by atoms with Crippen molar-refractivity contribution < 1.29 is 22.3 Å². The molecule has 1 aliphatic heterocycles. The Hall–Kier alpha value is -3.24. The molecule has 0 N–H and O–H groups in total. The van der Waals surface area contributed by atoms with Gasteiger partial charge < -0.3 is 14.5 Å². The van der Waals surface area contributed by atoms with Crippen molar-refractivity contribution in [3.63, 3.8) is 0 Å². The van der Waals surface area contributed by atoms with Gasteiger partial charge in [0.25, 0.3) is 10.0 Å². The number of thioether (sulfide) groups is 1. The van der Waals surface area contributed by atoms with E-state index in [4.69, 9.17) is 4.74 Å². The molecular weight excluding hydrogens is 501 g/mol. The largest absolute Gasteiger partial charge is 0.497 e. The lowest BCUT2D eigenvalue weighted by atomic mass is 10.2. The van der Waals surface area contributed by atoms with Crippen molar-refractivity contribution in [1.82, 2.24) is 4.90 Å². The molecule has 190 valence electrons. The Balaban J connectivity index is 1.51. The van der Waals surface area contributed by atoms with Crippen LogP contribution in [0.1, 0.15) is 0 Å². The Labute approximate surface area is 215 Å². The second-order valence-corrected chi connectivity index (χ2v) is 11.0. The highest BCUT2D eigenvalue weighted by molar-refractivity contribution is 7.98. The Morgan fingerprint density at radius 1 is 1.00 bits per heavy atom. The summed E-state index contributed by atoms with van der Waals surface area (Å²) in [7, 11) is -2.49. The van der Waals surface area contributed by atoms with Crippen LogP contribution < -0.4 is 13.9 Å². The zero-order chi connectivity index (χ0) is 25.7. The van der Waals surface area contributed by atoms with Gasteiger partial charge in [0.15, 0.2) is 0 Å². The third kappa shape index (κ3) is 5.76. The minimum Gasteiger partial charge on any atom is -0.497 e. The van der Waals surface area contributed by atoms with E-state index < -0.39 is 22.4 Å². The van der Waals surface area contributed by atoms with Crippen molar-refractivity contribution in [3.05, 3.63) is 78.6 Å². The quantitative estimate of drug-likeness (QED) is 0.410. The molecule has 1 heterocycles. The monoisotopic (exact) mass is 529 g/mol. The van der Waals surface area contributed by atoms with Crippen LogP contribution in [-0.4, -0.2) is 65.3 Å². The second-order valence-electron chi connectivity index (χ2n) is 8.23. The molecule has 7 nitrogen and oxygen atoms in total. The van der Waals surface area contributed by atoms with Crippen molar-refractivity contribution in [3.8, 4) is 5.75 Å². The van der Waals surface area contributed by atoms with Crippen LogP contribution in [0.3, 0.4) is 0 Å². The smallest absolute Gasteiger partial charge is 0.264 e. The van der Waals surface area contributed by atoms with E-state index in [1.165, 1.54) is 42.1 Å². The highest BCUT2D eigenvalue weighted by atomic mass is 32.2. The summed E-state index contributed by atoms with van der Waals surface area (Å²) >= 11 is 1.50. The molecular formula is C26H28FN3O4S2. The van der Waals surface area contributed by atoms with Crippen LogP contribution in [-0.2, 0) is 14.8 Å². The number of amides is 1. The van der Waals surface area contributed by atoms with Crippen LogP contribution in [0.15, 0.2) is 82.6 Å². The first-order valence-corrected chi connectivity index (χ1v) is 14.1. The highest BCUT2D eigenvalue weighted by Crippen LogP contribution is 2.27. The zero-order valence-corrected chi connectivity index (χ0v) is 21.8. The van der Waals surface area contributed by atoms with Crippen LogP contribution in [0.5, 0.6) is 5.75 Å². The van der Waals surface area contributed by atoms with E-state index in [-0.39, 0.29) is 16.5 Å². The van der Waals surface area contributed by atoms with Gasteiger partial charge in [-0.25, -0.2) is 12.8 Å². The molecule has 0 bridgehead atoms. The molecule has 1 amide bonds. The van der Waals surface area contributed by atoms with Crippen LogP contribution in [0.4, 0.5) is 15.8 Å². The van der Waals surface area contributed by atoms with E-state index in [0.717, 1.165) is 26.7 Å². The van der Waals surface area contributed by atoms with Crippen LogP contribution in [0.25, 0.3) is 0 Å². The van der Waals surface area contributed by atoms with E-state index in [1.807, 2.05) is 30.5 Å². The van der Waals surface area contributed by atoms with Gasteiger partial charge in [-0.2, -0.15) is 0 Å². The second kappa shape index (κ2) is 11.2. The Morgan fingerprint density at radius 2 is 1.67 bits per heavy atom. The summed E-state index contributed by atoms with van der Waals surface area (Å²) in [5.74, 6) is -0.141. The molecule has 0 atom stereocenters. The van der Waals surface area contributed by atoms with E-state index in [9.17, 15) is 17.6 Å². The number of anilines is 2. The number of methoxy groups -OCH3 is 1. The molecule has 3 aromatic carbocycles. The fourth-order valence-electron chi connectivity index (χ4n) is 4.05. The lowest BCUT2D eigenvalue weighted by Gasteiger charge is -2.37. The van der Waals surface area contributed by atoms with Gasteiger partial charge in [-0.3, -0.25) is 9.10 Å². The van der Waals surface area contributed by atoms with E-state index >= 15 is 0 Å². The number of carbonyl (C=O) groups is 1. The van der Waals surface area contributed by atoms with Crippen molar-refractivity contribution in [1.29, 1.82) is 0 Å². The van der Waals surface area contributed by atoms with E-state index in [2.05, 4.69) is 4.90 Å². The molecule has 10 heteroatoms. The molecule has 0 aromatic heterocycles. The maximum atomic E-state index is 14.0. The number of nitrogens with zero attached hydrogens (tertiary/aromatic N) is 3. The fourth-order valence-corrected chi connectivity index (χ4v) is 5.87. The number of benzene rings is 3. The number of ether oxygens (including phenoxy) is 1. The predicted octanol–water partition coefficient (Wildman–Crippen LogP) is 4.10. The summed E-state index contributed by atoms with van der Waals surface area (Å²) in [6.07, 6.45) is 1.90. The average Bonchev–Trinajstić information content (AvgIpc) is 2.91. The number of sulfonamides is 1. The lowest BCUT2D eigenvalue weighted by Crippen LogP contribution is -2.52. The summed E-state index contributed by atoms with van der Waals surface area (Å²) in [4.78, 5) is 18.0. The minimum absolute atomic E-state index is 0.0432. The van der Waals surface area contributed by atoms with Crippen LogP contribution in [0, 0.1) is 5.82 Å². The van der Waals surface area contributed by atoms with Gasteiger partial charge in [0, 0.05) is 36.8 Å². The maximum Gasteiger partial charge on any atom is 0.264 e. The number of carbonyl (C=O) groups excluding carboxylic acids is 1. The first-order valence-electron chi connectivity index (χ1n) is 11.4. The van der Waals surface area contributed by atoms with Gasteiger partial charge in [-0.15, -0.1) is 11.8 Å². The summed E-state index contributed by atoms with van der Waals surface area (Å²) in [5, 5.41) is 0. The average molecular weight is 530 g/mol. The molecule has 0 unspecified atom stereocenters. The normalized spacial score (nSPS) is 14.0. The lowest BCUT2D eigenvalue weighted by molar-refractivity contribution is -0.129. The SMILES string of the molecule is COc1ccc(N2CCN(C(=O)CN(c3cccc(F)c3)S(=O)(=O)c3ccc(SC)cc3)CC2)cc1. The molecule has 0 saturated carbocycles. The standard InChI is InChI=1S/C26H28FN3O4S2/c1-34-23-8-6-21(7-9-23)28-14-16-29(17-15-28)26(31)19-30(22-5-3-4-20(27)18-22)36(32,33)25-12-10-24(35-2)11-13-25/h3-13,18H,14-17,19H2,1-2H3. The molecule has 4 rings (SSSR count). The third-order valence-electron chi connectivity index (χ3n) is 6.09. The molecule has 0 spiro atoms. The topological polar surface area (TPSA) is 70.2 Å². The number of halogens is 1. The number of hydrogen-bond donors (Lipinski definition) is 0. The number of hydrogen-bond acceptors (Lipinski definition) is 6. The first-order chi connectivity index (χ1) is 17.3. The summed E-state index contributed by atoms with van der Waals surface area (Å²) in [6, 6.07) is 19.4. The molecule has 0 aliphatic carbocycles. The summed E-state index contributed by atoms with van der Waals surface area (Å²) in [5.41, 5.74) is 1.13. The van der Waals surface area contributed by atoms with Gasteiger partial charge >= 0.3 is 0 Å². The van der Waals surface area contributed by atoms with Crippen molar-refractivity contribution in [2.45, 2.75) is 9.79 Å². The number of rotatable bonds is 8. The minimum atomic E-state index is -4.10. The first kappa shape index (κ1) is 25.8. The van der Waals surface area contributed by atoms with Crippen molar-refractivity contribution in [2.75, 3.05) is 55.3 Å². The van der Waals surface area contributed by atoms with Gasteiger partial charge in [-0.05, 0) is 73.0 Å². The van der Waals surface area contributed by atoms with Gasteiger partial charge in [0.2, 0.25) is 5.91 Å². The Bertz CT molecular complexity index is 1290. The zero-order valence-electron chi connectivity index (χ0n) is 20.1. The van der Waals surface area contributed by atoms with Crippen LogP contribution >= 0.6 is 11.8 Å². The summed E-state index contributed by atoms with van der Waals surface area (Å²) in [6.45, 7) is 1.70. The van der Waals surface area contributed by atoms with Gasteiger partial charge in [0.05, 0.1) is 17.7 Å². The number of piperazine rings is 1. The molecule has 1 saturated heterocycles. The molecule has 3 aromatic rings. The molecule has 0 radical (unpaired) electrons.